The summed E-state index contributed by atoms with van der Waals surface area (Å²) in [5, 5.41) is 5.10. The number of nitrogens with one attached hydrogen (secondary N) is 1. The second kappa shape index (κ2) is 5.49. The predicted molar refractivity (Wildman–Crippen MR) is 80.7 cm³/mol. The Labute approximate surface area is 118 Å². The number of nitrogens with zero attached hydrogens (tertiary/aromatic N) is 2. The summed E-state index contributed by atoms with van der Waals surface area (Å²) < 4.78 is 0. The Bertz CT molecular complexity index is 613. The molecule has 20 heavy (non-hydrogen) atoms. The number of urea groups is 1. The summed E-state index contributed by atoms with van der Waals surface area (Å²) in [5.41, 5.74) is 0.855. The minimum Gasteiger partial charge on any atom is -0.325 e. The van der Waals surface area contributed by atoms with Crippen molar-refractivity contribution < 1.29 is 4.79 Å². The smallest absolute Gasteiger partial charge is 0.321 e. The largest absolute Gasteiger partial charge is 0.325 e. The van der Waals surface area contributed by atoms with Crippen molar-refractivity contribution in [1.82, 2.24) is 9.88 Å². The van der Waals surface area contributed by atoms with E-state index in [1.54, 1.807) is 6.20 Å². The van der Waals surface area contributed by atoms with Crippen LogP contribution in [0, 0.1) is 5.92 Å². The van der Waals surface area contributed by atoms with Crippen molar-refractivity contribution in [3.05, 3.63) is 36.7 Å². The highest BCUT2D eigenvalue weighted by molar-refractivity contribution is 6.01. The molecule has 0 aliphatic carbocycles. The zero-order valence-electron chi connectivity index (χ0n) is 11.7. The van der Waals surface area contributed by atoms with Crippen LogP contribution in [0.4, 0.5) is 10.5 Å². The summed E-state index contributed by atoms with van der Waals surface area (Å²) >= 11 is 0. The van der Waals surface area contributed by atoms with Crippen LogP contribution in [-0.4, -0.2) is 29.0 Å². The minimum absolute atomic E-state index is 0.00112. The van der Waals surface area contributed by atoms with Gasteiger partial charge in [0, 0.05) is 36.3 Å². The molecule has 1 N–H and O–H groups in total. The molecule has 0 saturated carbocycles. The molecule has 1 aliphatic rings. The zero-order chi connectivity index (χ0) is 13.9. The molecule has 1 saturated heterocycles. The molecular formula is C16H19N3O. The second-order valence-corrected chi connectivity index (χ2v) is 5.50. The number of hydrogen-bond donors (Lipinski definition) is 1. The number of anilines is 1. The third-order valence-corrected chi connectivity index (χ3v) is 3.99. The molecule has 0 radical (unpaired) electrons. The van der Waals surface area contributed by atoms with Crippen molar-refractivity contribution in [2.24, 2.45) is 5.92 Å². The SMILES string of the molecule is CC1CCN(C(=O)Nc2cccc3cnccc23)CC1. The molecule has 1 aliphatic heterocycles. The third kappa shape index (κ3) is 2.59. The second-order valence-electron chi connectivity index (χ2n) is 5.50. The van der Waals surface area contributed by atoms with Crippen molar-refractivity contribution in [2.45, 2.75) is 19.8 Å². The van der Waals surface area contributed by atoms with E-state index < -0.39 is 0 Å². The van der Waals surface area contributed by atoms with E-state index in [-0.39, 0.29) is 6.03 Å². The highest BCUT2D eigenvalue weighted by atomic mass is 16.2. The normalized spacial score (nSPS) is 16.4. The first-order chi connectivity index (χ1) is 9.74. The third-order valence-electron chi connectivity index (χ3n) is 3.99. The Morgan fingerprint density at radius 2 is 2.10 bits per heavy atom. The maximum Gasteiger partial charge on any atom is 0.321 e. The van der Waals surface area contributed by atoms with Crippen LogP contribution in [0.1, 0.15) is 19.8 Å². The van der Waals surface area contributed by atoms with Gasteiger partial charge < -0.3 is 10.2 Å². The number of piperidine rings is 1. The van der Waals surface area contributed by atoms with Gasteiger partial charge in [0.25, 0.3) is 0 Å². The maximum absolute atomic E-state index is 12.3. The Morgan fingerprint density at radius 3 is 2.90 bits per heavy atom. The number of hydrogen-bond acceptors (Lipinski definition) is 2. The van der Waals surface area contributed by atoms with E-state index in [0.717, 1.165) is 48.3 Å². The maximum atomic E-state index is 12.3. The lowest BCUT2D eigenvalue weighted by atomic mass is 10.00. The van der Waals surface area contributed by atoms with E-state index in [2.05, 4.69) is 17.2 Å². The van der Waals surface area contributed by atoms with Gasteiger partial charge in [0.05, 0.1) is 5.69 Å². The van der Waals surface area contributed by atoms with Gasteiger partial charge in [-0.25, -0.2) is 4.79 Å². The molecule has 0 atom stereocenters. The van der Waals surface area contributed by atoms with Crippen LogP contribution in [0.15, 0.2) is 36.7 Å². The number of aromatic nitrogens is 1. The average molecular weight is 269 g/mol. The molecule has 2 aromatic rings. The minimum atomic E-state index is 0.00112. The molecule has 4 heteroatoms. The van der Waals surface area contributed by atoms with Gasteiger partial charge in [-0.2, -0.15) is 0 Å². The van der Waals surface area contributed by atoms with Crippen LogP contribution in [0.2, 0.25) is 0 Å². The molecule has 0 bridgehead atoms. The summed E-state index contributed by atoms with van der Waals surface area (Å²) in [4.78, 5) is 18.3. The average Bonchev–Trinajstić information content (AvgIpc) is 2.48. The summed E-state index contributed by atoms with van der Waals surface area (Å²) in [7, 11) is 0. The summed E-state index contributed by atoms with van der Waals surface area (Å²) in [6.45, 7) is 3.94. The van der Waals surface area contributed by atoms with E-state index in [1.165, 1.54) is 0 Å². The van der Waals surface area contributed by atoms with Gasteiger partial charge in [-0.1, -0.05) is 19.1 Å². The molecule has 104 valence electrons. The van der Waals surface area contributed by atoms with Crippen LogP contribution < -0.4 is 5.32 Å². The predicted octanol–water partition coefficient (Wildman–Crippen LogP) is 3.50. The molecule has 2 heterocycles. The number of rotatable bonds is 1. The van der Waals surface area contributed by atoms with Crippen LogP contribution in [0.5, 0.6) is 0 Å². The van der Waals surface area contributed by atoms with Gasteiger partial charge in [0.1, 0.15) is 0 Å². The number of amides is 2. The molecular weight excluding hydrogens is 250 g/mol. The highest BCUT2D eigenvalue weighted by Gasteiger charge is 2.20. The number of pyridine rings is 1. The van der Waals surface area contributed by atoms with Gasteiger partial charge in [0.2, 0.25) is 0 Å². The number of benzene rings is 1. The van der Waals surface area contributed by atoms with Gasteiger partial charge in [-0.3, -0.25) is 4.98 Å². The van der Waals surface area contributed by atoms with E-state index >= 15 is 0 Å². The molecule has 3 rings (SSSR count). The van der Waals surface area contributed by atoms with Crippen LogP contribution in [-0.2, 0) is 0 Å². The molecule has 0 spiro atoms. The Balaban J connectivity index is 1.77. The van der Waals surface area contributed by atoms with Gasteiger partial charge >= 0.3 is 6.03 Å². The summed E-state index contributed by atoms with van der Waals surface area (Å²) in [6.07, 6.45) is 5.74. The first-order valence-corrected chi connectivity index (χ1v) is 7.13. The first kappa shape index (κ1) is 12.9. The number of carbonyl (C=O) groups excluding carboxylic acids is 1. The molecule has 1 fully saturated rings. The molecule has 1 aromatic heterocycles. The Morgan fingerprint density at radius 1 is 1.30 bits per heavy atom. The number of carbonyl (C=O) groups is 1. The van der Waals surface area contributed by atoms with Crippen LogP contribution in [0.3, 0.4) is 0 Å². The standard InChI is InChI=1S/C16H19N3O/c1-12-6-9-19(10-7-12)16(20)18-15-4-2-3-13-11-17-8-5-14(13)15/h2-5,8,11-12H,6-7,9-10H2,1H3,(H,18,20). The van der Waals surface area contributed by atoms with E-state index in [9.17, 15) is 4.79 Å². The van der Waals surface area contributed by atoms with Crippen molar-refractivity contribution in [3.8, 4) is 0 Å². The Kier molecular flexibility index (Phi) is 3.54. The van der Waals surface area contributed by atoms with E-state index in [1.807, 2.05) is 35.4 Å². The van der Waals surface area contributed by atoms with Gasteiger partial charge in [0.15, 0.2) is 0 Å². The number of likely N-dealkylation sites (tertiary alicyclic amines) is 1. The van der Waals surface area contributed by atoms with E-state index in [4.69, 9.17) is 0 Å². The molecule has 4 nitrogen and oxygen atoms in total. The molecule has 2 amide bonds. The first-order valence-electron chi connectivity index (χ1n) is 7.13. The zero-order valence-corrected chi connectivity index (χ0v) is 11.7. The van der Waals surface area contributed by atoms with Crippen LogP contribution in [0.25, 0.3) is 10.8 Å². The van der Waals surface area contributed by atoms with E-state index in [0.29, 0.717) is 0 Å². The Hall–Kier alpha value is -2.10. The van der Waals surface area contributed by atoms with Gasteiger partial charge in [-0.15, -0.1) is 0 Å². The highest BCUT2D eigenvalue weighted by Crippen LogP contribution is 2.23. The lowest BCUT2D eigenvalue weighted by molar-refractivity contribution is 0.186. The monoisotopic (exact) mass is 269 g/mol. The van der Waals surface area contributed by atoms with Crippen molar-refractivity contribution in [3.63, 3.8) is 0 Å². The van der Waals surface area contributed by atoms with Crippen molar-refractivity contribution >= 4 is 22.5 Å². The molecule has 0 unspecified atom stereocenters. The topological polar surface area (TPSA) is 45.2 Å². The fourth-order valence-electron chi connectivity index (χ4n) is 2.64. The van der Waals surface area contributed by atoms with Crippen molar-refractivity contribution in [1.29, 1.82) is 0 Å². The summed E-state index contributed by atoms with van der Waals surface area (Å²) in [6, 6.07) is 7.82. The van der Waals surface area contributed by atoms with Crippen LogP contribution >= 0.6 is 0 Å². The fourth-order valence-corrected chi connectivity index (χ4v) is 2.64. The fraction of sp³-hybridized carbons (Fsp3) is 0.375. The summed E-state index contributed by atoms with van der Waals surface area (Å²) in [5.74, 6) is 0.725. The number of fused-ring (bicyclic) bond motifs is 1. The molecule has 1 aromatic carbocycles. The quantitative estimate of drug-likeness (QED) is 0.861. The van der Waals surface area contributed by atoms with Crippen molar-refractivity contribution in [2.75, 3.05) is 18.4 Å². The lowest BCUT2D eigenvalue weighted by Crippen LogP contribution is -2.40. The van der Waals surface area contributed by atoms with Gasteiger partial charge in [-0.05, 0) is 30.9 Å². The lowest BCUT2D eigenvalue weighted by Gasteiger charge is -2.30.